The summed E-state index contributed by atoms with van der Waals surface area (Å²) in [7, 11) is -3.52. The smallest absolute Gasteiger partial charge is 0.270 e. The van der Waals surface area contributed by atoms with Crippen LogP contribution in [0.5, 0.6) is 5.75 Å². The molecular weight excluding hydrogens is 425 g/mol. The highest BCUT2D eigenvalue weighted by atomic mass is 32.2. The second-order valence-corrected chi connectivity index (χ2v) is 9.09. The van der Waals surface area contributed by atoms with Gasteiger partial charge in [0.2, 0.25) is 15.9 Å². The van der Waals surface area contributed by atoms with E-state index in [1.807, 2.05) is 0 Å². The van der Waals surface area contributed by atoms with E-state index in [4.69, 9.17) is 4.42 Å². The van der Waals surface area contributed by atoms with Crippen LogP contribution in [0.4, 0.5) is 10.2 Å². The lowest BCUT2D eigenvalue weighted by atomic mass is 10.1. The number of hydrogen-bond acceptors (Lipinski definition) is 8. The molecule has 0 radical (unpaired) electrons. The number of nitrogens with zero attached hydrogens (tertiary/aromatic N) is 5. The Labute approximate surface area is 176 Å². The largest absolute Gasteiger partial charge is 0.504 e. The topological polar surface area (TPSA) is 122 Å². The van der Waals surface area contributed by atoms with Gasteiger partial charge in [0.05, 0.1) is 12.2 Å². The SMILES string of the molecule is O=S1(=O)CCCN1c1nc(-c2nnc(Cc3ccc(F)cc3)o2)c(O)c2ncccc12. The van der Waals surface area contributed by atoms with Crippen LogP contribution in [0, 0.1) is 5.82 Å². The number of rotatable bonds is 4. The van der Waals surface area contributed by atoms with Gasteiger partial charge in [0.15, 0.2) is 17.3 Å². The van der Waals surface area contributed by atoms with Crippen LogP contribution in [0.3, 0.4) is 0 Å². The summed E-state index contributed by atoms with van der Waals surface area (Å²) in [6.45, 7) is 0.281. The first-order valence-corrected chi connectivity index (χ1v) is 11.1. The van der Waals surface area contributed by atoms with E-state index in [9.17, 15) is 17.9 Å². The minimum atomic E-state index is -3.52. The van der Waals surface area contributed by atoms with Crippen LogP contribution in [0.1, 0.15) is 17.9 Å². The van der Waals surface area contributed by atoms with E-state index in [-0.39, 0.29) is 59.1 Å². The third kappa shape index (κ3) is 3.46. The van der Waals surface area contributed by atoms with Gasteiger partial charge in [-0.05, 0) is 36.2 Å². The van der Waals surface area contributed by atoms with E-state index in [1.54, 1.807) is 24.3 Å². The molecular formula is C20H16FN5O4S. The molecule has 0 aliphatic carbocycles. The first-order chi connectivity index (χ1) is 14.9. The number of hydrogen-bond donors (Lipinski definition) is 1. The predicted octanol–water partition coefficient (Wildman–Crippen LogP) is 2.66. The Bertz CT molecular complexity index is 1390. The van der Waals surface area contributed by atoms with E-state index in [0.717, 1.165) is 5.56 Å². The molecule has 4 heterocycles. The van der Waals surface area contributed by atoms with Gasteiger partial charge in [0.25, 0.3) is 5.89 Å². The maximum Gasteiger partial charge on any atom is 0.270 e. The van der Waals surface area contributed by atoms with Crippen molar-refractivity contribution in [2.75, 3.05) is 16.6 Å². The highest BCUT2D eigenvalue weighted by molar-refractivity contribution is 7.93. The fraction of sp³-hybridized carbons (Fsp3) is 0.200. The van der Waals surface area contributed by atoms with E-state index in [1.165, 1.54) is 22.6 Å². The summed E-state index contributed by atoms with van der Waals surface area (Å²) < 4.78 is 45.0. The second-order valence-electron chi connectivity index (χ2n) is 7.08. The van der Waals surface area contributed by atoms with Crippen molar-refractivity contribution in [1.29, 1.82) is 0 Å². The predicted molar refractivity (Wildman–Crippen MR) is 109 cm³/mol. The standard InChI is InChI=1S/C20H16FN5O4S/c21-13-6-4-12(5-7-13)11-15-24-25-20(30-15)17-18(27)16-14(3-1-8-22-16)19(23-17)26-9-2-10-31(26,28)29/h1,3-8,27H,2,9-11H2. The van der Waals surface area contributed by atoms with Crippen molar-refractivity contribution in [3.05, 3.63) is 59.9 Å². The summed E-state index contributed by atoms with van der Waals surface area (Å²) in [6.07, 6.45) is 2.22. The molecule has 1 saturated heterocycles. The van der Waals surface area contributed by atoms with Crippen LogP contribution in [0.15, 0.2) is 47.0 Å². The van der Waals surface area contributed by atoms with Crippen molar-refractivity contribution >= 4 is 26.7 Å². The van der Waals surface area contributed by atoms with E-state index in [0.29, 0.717) is 11.8 Å². The summed E-state index contributed by atoms with van der Waals surface area (Å²) in [6, 6.07) is 9.16. The van der Waals surface area contributed by atoms with Crippen molar-refractivity contribution in [3.8, 4) is 17.3 Å². The third-order valence-electron chi connectivity index (χ3n) is 4.99. The summed E-state index contributed by atoms with van der Waals surface area (Å²) in [4.78, 5) is 8.58. The molecule has 1 aliphatic heterocycles. The zero-order chi connectivity index (χ0) is 21.6. The van der Waals surface area contributed by atoms with E-state index < -0.39 is 10.0 Å². The fourth-order valence-corrected chi connectivity index (χ4v) is 5.04. The molecule has 3 aromatic heterocycles. The molecule has 1 N–H and O–H groups in total. The van der Waals surface area contributed by atoms with Gasteiger partial charge in [0.1, 0.15) is 11.3 Å². The quantitative estimate of drug-likeness (QED) is 0.513. The zero-order valence-electron chi connectivity index (χ0n) is 16.1. The molecule has 31 heavy (non-hydrogen) atoms. The lowest BCUT2D eigenvalue weighted by molar-refractivity contribution is 0.471. The molecule has 1 aliphatic rings. The average Bonchev–Trinajstić information content (AvgIpc) is 3.36. The lowest BCUT2D eigenvalue weighted by Crippen LogP contribution is -2.26. The zero-order valence-corrected chi connectivity index (χ0v) is 16.9. The molecule has 1 aromatic carbocycles. The molecule has 0 bridgehead atoms. The highest BCUT2D eigenvalue weighted by Crippen LogP contribution is 2.39. The molecule has 4 aromatic rings. The number of sulfonamides is 1. The van der Waals surface area contributed by atoms with E-state index >= 15 is 0 Å². The first kappa shape index (κ1) is 19.4. The lowest BCUT2D eigenvalue weighted by Gasteiger charge is -2.18. The minimum absolute atomic E-state index is 0.0228. The molecule has 0 amide bonds. The van der Waals surface area contributed by atoms with Crippen LogP contribution in [0.2, 0.25) is 0 Å². The molecule has 0 atom stereocenters. The molecule has 0 unspecified atom stereocenters. The minimum Gasteiger partial charge on any atom is -0.504 e. The Hall–Kier alpha value is -3.60. The van der Waals surface area contributed by atoms with Gasteiger partial charge in [-0.1, -0.05) is 12.1 Å². The van der Waals surface area contributed by atoms with Gasteiger partial charge in [0, 0.05) is 18.1 Å². The van der Waals surface area contributed by atoms with Crippen molar-refractivity contribution in [3.63, 3.8) is 0 Å². The molecule has 0 saturated carbocycles. The Morgan fingerprint density at radius 3 is 2.71 bits per heavy atom. The number of anilines is 1. The van der Waals surface area contributed by atoms with E-state index in [2.05, 4.69) is 20.2 Å². The molecule has 158 valence electrons. The number of aromatic nitrogens is 4. The van der Waals surface area contributed by atoms with Gasteiger partial charge in [-0.15, -0.1) is 10.2 Å². The van der Waals surface area contributed by atoms with Crippen LogP contribution >= 0.6 is 0 Å². The summed E-state index contributed by atoms with van der Waals surface area (Å²) in [5, 5.41) is 19.1. The average molecular weight is 441 g/mol. The van der Waals surface area contributed by atoms with Gasteiger partial charge < -0.3 is 9.52 Å². The molecule has 9 nitrogen and oxygen atoms in total. The van der Waals surface area contributed by atoms with Gasteiger partial charge >= 0.3 is 0 Å². The van der Waals surface area contributed by atoms with Crippen molar-refractivity contribution in [2.24, 2.45) is 0 Å². The first-order valence-electron chi connectivity index (χ1n) is 9.48. The molecule has 0 spiro atoms. The van der Waals surface area contributed by atoms with Crippen molar-refractivity contribution in [1.82, 2.24) is 20.2 Å². The Kier molecular flexibility index (Phi) is 4.54. The Balaban J connectivity index is 1.60. The Morgan fingerprint density at radius 2 is 1.97 bits per heavy atom. The van der Waals surface area contributed by atoms with Crippen LogP contribution in [0.25, 0.3) is 22.5 Å². The maximum atomic E-state index is 13.1. The normalized spacial score (nSPS) is 15.6. The summed E-state index contributed by atoms with van der Waals surface area (Å²) in [5.41, 5.74) is 0.891. The van der Waals surface area contributed by atoms with Crippen molar-refractivity contribution < 1.29 is 22.3 Å². The van der Waals surface area contributed by atoms with Crippen LogP contribution in [-0.4, -0.2) is 46.0 Å². The number of pyridine rings is 2. The van der Waals surface area contributed by atoms with Crippen molar-refractivity contribution in [2.45, 2.75) is 12.8 Å². The molecule has 1 fully saturated rings. The highest BCUT2D eigenvalue weighted by Gasteiger charge is 2.33. The summed E-state index contributed by atoms with van der Waals surface area (Å²) >= 11 is 0. The third-order valence-corrected chi connectivity index (χ3v) is 6.82. The Morgan fingerprint density at radius 1 is 1.16 bits per heavy atom. The summed E-state index contributed by atoms with van der Waals surface area (Å²) in [5.74, 6) is -0.286. The van der Waals surface area contributed by atoms with Gasteiger partial charge in [-0.25, -0.2) is 17.8 Å². The monoisotopic (exact) mass is 441 g/mol. The number of halogens is 1. The van der Waals surface area contributed by atoms with Crippen LogP contribution in [-0.2, 0) is 16.4 Å². The second kappa shape index (κ2) is 7.27. The maximum absolute atomic E-state index is 13.1. The van der Waals surface area contributed by atoms with Crippen LogP contribution < -0.4 is 4.31 Å². The number of aromatic hydroxyl groups is 1. The number of benzene rings is 1. The number of fused-ring (bicyclic) bond motifs is 1. The molecule has 11 heteroatoms. The van der Waals surface area contributed by atoms with Gasteiger partial charge in [-0.3, -0.25) is 9.29 Å². The van der Waals surface area contributed by atoms with Gasteiger partial charge in [-0.2, -0.15) is 0 Å². The molecule has 5 rings (SSSR count). The fourth-order valence-electron chi connectivity index (χ4n) is 3.52.